The first kappa shape index (κ1) is 12.5. The first-order chi connectivity index (χ1) is 8.20. The molecule has 0 aromatic carbocycles. The van der Waals surface area contributed by atoms with Crippen LogP contribution in [0.5, 0.6) is 0 Å². The number of nitrogen functional groups attached to an aromatic ring is 1. The smallest absolute Gasteiger partial charge is 0.149 e. The Morgan fingerprint density at radius 2 is 2.41 bits per heavy atom. The zero-order valence-corrected chi connectivity index (χ0v) is 10.9. The van der Waals surface area contributed by atoms with E-state index in [1.54, 1.807) is 0 Å². The molecule has 0 bridgehead atoms. The van der Waals surface area contributed by atoms with Crippen molar-refractivity contribution in [1.82, 2.24) is 10.2 Å². The van der Waals surface area contributed by atoms with Crippen LogP contribution in [0.25, 0.3) is 0 Å². The molecule has 0 spiro atoms. The topological polar surface area (TPSA) is 95.6 Å². The van der Waals surface area contributed by atoms with E-state index in [0.717, 1.165) is 23.7 Å². The normalized spacial score (nSPS) is 25.8. The molecule has 1 aromatic heterocycles. The van der Waals surface area contributed by atoms with Crippen molar-refractivity contribution in [3.05, 3.63) is 11.3 Å². The molecule has 0 aliphatic carbocycles. The molecule has 0 amide bonds. The Bertz CT molecular complexity index is 465. The minimum absolute atomic E-state index is 0.0795. The van der Waals surface area contributed by atoms with Crippen molar-refractivity contribution in [3.8, 4) is 6.07 Å². The van der Waals surface area contributed by atoms with Crippen molar-refractivity contribution in [3.63, 3.8) is 0 Å². The van der Waals surface area contributed by atoms with Crippen LogP contribution in [-0.4, -0.2) is 25.9 Å². The number of aromatic amines is 1. The maximum atomic E-state index is 10.6. The Kier molecular flexibility index (Phi) is 4.07. The molecule has 3 rings (SSSR count). The summed E-state index contributed by atoms with van der Waals surface area (Å²) in [6, 6.07) is 2.10. The third kappa shape index (κ3) is 3.01. The summed E-state index contributed by atoms with van der Waals surface area (Å²) in [6.45, 7) is 0. The van der Waals surface area contributed by atoms with Crippen molar-refractivity contribution in [2.45, 2.75) is 17.9 Å². The van der Waals surface area contributed by atoms with E-state index in [-0.39, 0.29) is 5.92 Å². The number of nitrogens with two attached hydrogens (primary N) is 1. The van der Waals surface area contributed by atoms with Crippen LogP contribution in [0.2, 0.25) is 0 Å². The van der Waals surface area contributed by atoms with Crippen LogP contribution in [0.1, 0.15) is 17.7 Å². The third-order valence-corrected chi connectivity index (χ3v) is 5.19. The fourth-order valence-corrected chi connectivity index (χ4v) is 4.19. The molecule has 2 aliphatic rings. The van der Waals surface area contributed by atoms with Gasteiger partial charge in [0.15, 0.2) is 0 Å². The fourth-order valence-electron chi connectivity index (χ4n) is 1.72. The van der Waals surface area contributed by atoms with Crippen molar-refractivity contribution in [2.24, 2.45) is 5.92 Å². The molecule has 2 unspecified atom stereocenters. The second-order valence-corrected chi connectivity index (χ2v) is 6.59. The number of hydrogen-bond donors (Lipinski definition) is 2. The predicted octanol–water partition coefficient (Wildman–Crippen LogP) is 1.02. The highest BCUT2D eigenvalue weighted by atomic mass is 32.2. The standard InChI is InChI=1S/C5H7N3S.C5H7NOS/c6-5-3-1-9-2-4(3)7-8-5;6-3-5-1-2-8(7)4-5/h1-2H2,(H3,6,7,8);5H,1-2,4H2. The van der Waals surface area contributed by atoms with E-state index in [1.807, 2.05) is 11.8 Å². The minimum Gasteiger partial charge on any atom is -0.382 e. The van der Waals surface area contributed by atoms with E-state index >= 15 is 0 Å². The summed E-state index contributed by atoms with van der Waals surface area (Å²) in [5.74, 6) is 4.16. The maximum Gasteiger partial charge on any atom is 0.149 e. The van der Waals surface area contributed by atoms with E-state index < -0.39 is 10.8 Å². The van der Waals surface area contributed by atoms with Crippen LogP contribution < -0.4 is 5.73 Å². The van der Waals surface area contributed by atoms with Gasteiger partial charge in [-0.15, -0.1) is 0 Å². The van der Waals surface area contributed by atoms with Gasteiger partial charge >= 0.3 is 0 Å². The van der Waals surface area contributed by atoms with Gasteiger partial charge in [-0.05, 0) is 6.42 Å². The quantitative estimate of drug-likeness (QED) is 0.733. The zero-order chi connectivity index (χ0) is 12.3. The molecular formula is C10H14N4OS2. The van der Waals surface area contributed by atoms with Gasteiger partial charge in [0, 0.05) is 39.4 Å². The summed E-state index contributed by atoms with van der Waals surface area (Å²) in [5.41, 5.74) is 7.95. The van der Waals surface area contributed by atoms with E-state index in [1.165, 1.54) is 11.3 Å². The van der Waals surface area contributed by atoms with Gasteiger partial charge in [0.05, 0.1) is 17.7 Å². The van der Waals surface area contributed by atoms with Crippen LogP contribution in [0.15, 0.2) is 0 Å². The lowest BCUT2D eigenvalue weighted by Crippen LogP contribution is -1.94. The first-order valence-corrected chi connectivity index (χ1v) is 7.99. The average molecular weight is 270 g/mol. The summed E-state index contributed by atoms with van der Waals surface area (Å²) >= 11 is 1.87. The van der Waals surface area contributed by atoms with Crippen molar-refractivity contribution < 1.29 is 4.21 Å². The van der Waals surface area contributed by atoms with Crippen LogP contribution >= 0.6 is 11.8 Å². The molecule has 1 aromatic rings. The van der Waals surface area contributed by atoms with Crippen LogP contribution in [0, 0.1) is 17.2 Å². The molecule has 0 saturated carbocycles. The molecule has 7 heteroatoms. The number of rotatable bonds is 0. The molecule has 3 heterocycles. The number of thioether (sulfide) groups is 1. The number of fused-ring (bicyclic) bond motifs is 1. The van der Waals surface area contributed by atoms with Gasteiger partial charge in [0.1, 0.15) is 5.82 Å². The number of nitriles is 1. The number of nitrogens with zero attached hydrogens (tertiary/aromatic N) is 2. The number of anilines is 1. The highest BCUT2D eigenvalue weighted by molar-refractivity contribution is 7.98. The Balaban J connectivity index is 0.000000128. The molecule has 17 heavy (non-hydrogen) atoms. The zero-order valence-electron chi connectivity index (χ0n) is 9.31. The van der Waals surface area contributed by atoms with Crippen molar-refractivity contribution in [2.75, 3.05) is 17.2 Å². The number of aromatic nitrogens is 2. The van der Waals surface area contributed by atoms with Crippen molar-refractivity contribution >= 4 is 28.4 Å². The molecular weight excluding hydrogens is 256 g/mol. The van der Waals surface area contributed by atoms with Crippen molar-refractivity contribution in [1.29, 1.82) is 5.26 Å². The molecule has 3 N–H and O–H groups in total. The Hall–Kier alpha value is -1.00. The second kappa shape index (κ2) is 5.56. The molecule has 5 nitrogen and oxygen atoms in total. The summed E-state index contributed by atoms with van der Waals surface area (Å²) in [7, 11) is -0.675. The maximum absolute atomic E-state index is 10.6. The summed E-state index contributed by atoms with van der Waals surface area (Å²) in [6.07, 6.45) is 0.836. The second-order valence-electron chi connectivity index (χ2n) is 3.98. The number of H-pyrrole nitrogens is 1. The molecule has 0 radical (unpaired) electrons. The third-order valence-electron chi connectivity index (χ3n) is 2.74. The van der Waals surface area contributed by atoms with Crippen LogP contribution in [-0.2, 0) is 22.3 Å². The monoisotopic (exact) mass is 270 g/mol. The van der Waals surface area contributed by atoms with Gasteiger partial charge in [-0.25, -0.2) is 0 Å². The molecule has 1 fully saturated rings. The van der Waals surface area contributed by atoms with E-state index in [4.69, 9.17) is 11.0 Å². The number of nitrogens with one attached hydrogen (secondary N) is 1. The summed E-state index contributed by atoms with van der Waals surface area (Å²) in [4.78, 5) is 0. The average Bonchev–Trinajstić information content (AvgIpc) is 2.99. The number of hydrogen-bond acceptors (Lipinski definition) is 5. The molecule has 92 valence electrons. The lowest BCUT2D eigenvalue weighted by molar-refractivity contribution is 0.686. The Morgan fingerprint density at radius 3 is 2.94 bits per heavy atom. The fraction of sp³-hybridized carbons (Fsp3) is 0.600. The summed E-state index contributed by atoms with van der Waals surface area (Å²) < 4.78 is 10.6. The lowest BCUT2D eigenvalue weighted by Gasteiger charge is -1.86. The molecule has 1 saturated heterocycles. The first-order valence-electron chi connectivity index (χ1n) is 5.34. The largest absolute Gasteiger partial charge is 0.382 e. The highest BCUT2D eigenvalue weighted by Gasteiger charge is 2.19. The van der Waals surface area contributed by atoms with Gasteiger partial charge in [0.2, 0.25) is 0 Å². The molecule has 2 aliphatic heterocycles. The van der Waals surface area contributed by atoms with Gasteiger partial charge in [-0.1, -0.05) is 0 Å². The van der Waals surface area contributed by atoms with Crippen LogP contribution in [0.3, 0.4) is 0 Å². The van der Waals surface area contributed by atoms with Gasteiger partial charge in [0.25, 0.3) is 0 Å². The minimum atomic E-state index is -0.675. The van der Waals surface area contributed by atoms with E-state index in [2.05, 4.69) is 16.3 Å². The van der Waals surface area contributed by atoms with Gasteiger partial charge in [-0.3, -0.25) is 9.31 Å². The predicted molar refractivity (Wildman–Crippen MR) is 69.6 cm³/mol. The molecule has 2 atom stereocenters. The Morgan fingerprint density at radius 1 is 1.59 bits per heavy atom. The SMILES string of the molecule is N#CC1CCS(=O)C1.Nc1n[nH]c2c1CSC2. The lowest BCUT2D eigenvalue weighted by atomic mass is 10.2. The Labute approximate surface area is 107 Å². The van der Waals surface area contributed by atoms with Crippen LogP contribution in [0.4, 0.5) is 5.82 Å². The van der Waals surface area contributed by atoms with E-state index in [0.29, 0.717) is 11.6 Å². The highest BCUT2D eigenvalue weighted by Crippen LogP contribution is 2.31. The van der Waals surface area contributed by atoms with E-state index in [9.17, 15) is 4.21 Å². The van der Waals surface area contributed by atoms with Gasteiger partial charge in [-0.2, -0.15) is 22.1 Å². The van der Waals surface area contributed by atoms with Gasteiger partial charge < -0.3 is 5.73 Å². The summed E-state index contributed by atoms with van der Waals surface area (Å²) in [5, 5.41) is 15.1.